The highest BCUT2D eigenvalue weighted by atomic mass is 32.2. The maximum atomic E-state index is 12.8. The Morgan fingerprint density at radius 1 is 1.42 bits per heavy atom. The zero-order valence-electron chi connectivity index (χ0n) is 11.8. The normalized spacial score (nSPS) is 39.8. The number of rotatable bonds is 2. The fourth-order valence-electron chi connectivity index (χ4n) is 3.21. The molecule has 2 rings (SSSR count). The van der Waals surface area contributed by atoms with Gasteiger partial charge in [-0.15, -0.1) is 0 Å². The van der Waals surface area contributed by atoms with Crippen molar-refractivity contribution in [2.24, 2.45) is 22.2 Å². The summed E-state index contributed by atoms with van der Waals surface area (Å²) in [5.41, 5.74) is 5.05. The van der Waals surface area contributed by atoms with Crippen LogP contribution in [0.3, 0.4) is 0 Å². The summed E-state index contributed by atoms with van der Waals surface area (Å²) in [7, 11) is 0. The third kappa shape index (κ3) is 2.30. The summed E-state index contributed by atoms with van der Waals surface area (Å²) in [6, 6.07) is 0.200. The van der Waals surface area contributed by atoms with Gasteiger partial charge in [-0.2, -0.15) is 11.8 Å². The molecule has 2 fully saturated rings. The maximum absolute atomic E-state index is 12.8. The van der Waals surface area contributed by atoms with Crippen LogP contribution in [0.2, 0.25) is 0 Å². The minimum Gasteiger partial charge on any atom is -0.409 e. The summed E-state index contributed by atoms with van der Waals surface area (Å²) in [5.74, 6) is 1.53. The van der Waals surface area contributed by atoms with E-state index in [-0.39, 0.29) is 17.8 Å². The van der Waals surface area contributed by atoms with Gasteiger partial charge in [0, 0.05) is 23.6 Å². The van der Waals surface area contributed by atoms with Crippen LogP contribution in [0.15, 0.2) is 5.16 Å². The molecular formula is C13H23N3O2S. The second-order valence-corrected chi connectivity index (χ2v) is 7.38. The van der Waals surface area contributed by atoms with Crippen molar-refractivity contribution in [1.29, 1.82) is 0 Å². The Kier molecular flexibility index (Phi) is 3.99. The fraction of sp³-hybridized carbons (Fsp3) is 0.846. The van der Waals surface area contributed by atoms with Crippen molar-refractivity contribution in [1.82, 2.24) is 4.90 Å². The first-order valence-corrected chi connectivity index (χ1v) is 7.88. The Hall–Kier alpha value is -0.910. The second kappa shape index (κ2) is 5.23. The van der Waals surface area contributed by atoms with E-state index in [0.29, 0.717) is 24.0 Å². The van der Waals surface area contributed by atoms with Crippen LogP contribution in [-0.2, 0) is 4.79 Å². The van der Waals surface area contributed by atoms with E-state index in [1.807, 2.05) is 16.7 Å². The zero-order chi connectivity index (χ0) is 14.2. The monoisotopic (exact) mass is 285 g/mol. The number of nitrogens with two attached hydrogens (primary N) is 1. The lowest BCUT2D eigenvalue weighted by Crippen LogP contribution is -2.61. The second-order valence-electron chi connectivity index (χ2n) is 5.90. The molecule has 0 spiro atoms. The minimum atomic E-state index is -0.760. The Bertz CT molecular complexity index is 393. The SMILES string of the molecule is CC1CC(C(=O)N2CCSC(C)C2C)(C(N)=NO)C1. The topological polar surface area (TPSA) is 78.9 Å². The van der Waals surface area contributed by atoms with Crippen molar-refractivity contribution in [3.05, 3.63) is 0 Å². The van der Waals surface area contributed by atoms with E-state index in [9.17, 15) is 4.79 Å². The van der Waals surface area contributed by atoms with E-state index < -0.39 is 5.41 Å². The van der Waals surface area contributed by atoms with E-state index in [2.05, 4.69) is 25.9 Å². The smallest absolute Gasteiger partial charge is 0.236 e. The standard InChI is InChI=1S/C13H23N3O2S/c1-8-6-13(7-8,11(14)15-18)12(17)16-4-5-19-10(3)9(16)2/h8-10,18H,4-7H2,1-3H3,(H2,14,15). The molecule has 2 atom stereocenters. The first-order valence-electron chi connectivity index (χ1n) is 6.83. The number of carbonyl (C=O) groups is 1. The van der Waals surface area contributed by atoms with E-state index in [0.717, 1.165) is 12.3 Å². The molecular weight excluding hydrogens is 262 g/mol. The molecule has 0 bridgehead atoms. The van der Waals surface area contributed by atoms with Crippen LogP contribution >= 0.6 is 11.8 Å². The Morgan fingerprint density at radius 2 is 2.05 bits per heavy atom. The number of oxime groups is 1. The summed E-state index contributed by atoms with van der Waals surface area (Å²) >= 11 is 1.89. The average molecular weight is 285 g/mol. The molecule has 0 aromatic heterocycles. The molecule has 1 aliphatic heterocycles. The van der Waals surface area contributed by atoms with Gasteiger partial charge in [0.15, 0.2) is 5.84 Å². The van der Waals surface area contributed by atoms with Crippen molar-refractivity contribution in [3.63, 3.8) is 0 Å². The molecule has 1 heterocycles. The molecule has 1 saturated carbocycles. The lowest BCUT2D eigenvalue weighted by atomic mass is 9.61. The first kappa shape index (κ1) is 14.5. The predicted molar refractivity (Wildman–Crippen MR) is 77.3 cm³/mol. The summed E-state index contributed by atoms with van der Waals surface area (Å²) in [4.78, 5) is 14.8. The molecule has 5 nitrogen and oxygen atoms in total. The average Bonchev–Trinajstić information content (AvgIpc) is 2.36. The van der Waals surface area contributed by atoms with Crippen LogP contribution < -0.4 is 5.73 Å². The number of nitrogens with zero attached hydrogens (tertiary/aromatic N) is 2. The first-order chi connectivity index (χ1) is 8.92. The van der Waals surface area contributed by atoms with E-state index in [1.165, 1.54) is 0 Å². The van der Waals surface area contributed by atoms with Gasteiger partial charge in [-0.1, -0.05) is 19.0 Å². The summed E-state index contributed by atoms with van der Waals surface area (Å²) < 4.78 is 0. The number of amides is 1. The molecule has 1 amide bonds. The van der Waals surface area contributed by atoms with Gasteiger partial charge in [0.05, 0.1) is 0 Å². The Morgan fingerprint density at radius 3 is 2.58 bits per heavy atom. The molecule has 1 saturated heterocycles. The lowest BCUT2D eigenvalue weighted by Gasteiger charge is -2.49. The van der Waals surface area contributed by atoms with E-state index in [1.54, 1.807) is 0 Å². The van der Waals surface area contributed by atoms with Crippen molar-refractivity contribution >= 4 is 23.5 Å². The molecule has 6 heteroatoms. The molecule has 0 radical (unpaired) electrons. The molecule has 108 valence electrons. The van der Waals surface area contributed by atoms with Gasteiger partial charge in [-0.3, -0.25) is 4.79 Å². The molecule has 2 unspecified atom stereocenters. The van der Waals surface area contributed by atoms with Crippen molar-refractivity contribution < 1.29 is 10.0 Å². The highest BCUT2D eigenvalue weighted by molar-refractivity contribution is 8.00. The molecule has 19 heavy (non-hydrogen) atoms. The van der Waals surface area contributed by atoms with Gasteiger partial charge >= 0.3 is 0 Å². The minimum absolute atomic E-state index is 0.0422. The van der Waals surface area contributed by atoms with Crippen LogP contribution in [-0.4, -0.2) is 45.4 Å². The third-order valence-electron chi connectivity index (χ3n) is 4.55. The van der Waals surface area contributed by atoms with Crippen molar-refractivity contribution in [2.75, 3.05) is 12.3 Å². The molecule has 3 N–H and O–H groups in total. The van der Waals surface area contributed by atoms with Crippen molar-refractivity contribution in [3.8, 4) is 0 Å². The predicted octanol–water partition coefficient (Wildman–Crippen LogP) is 1.50. The number of thioether (sulfide) groups is 1. The Labute approximate surface area is 118 Å². The zero-order valence-corrected chi connectivity index (χ0v) is 12.6. The highest BCUT2D eigenvalue weighted by Gasteiger charge is 2.54. The largest absolute Gasteiger partial charge is 0.409 e. The van der Waals surface area contributed by atoms with Gasteiger partial charge < -0.3 is 15.8 Å². The van der Waals surface area contributed by atoms with Crippen molar-refractivity contribution in [2.45, 2.75) is 44.9 Å². The van der Waals surface area contributed by atoms with Crippen LogP contribution in [0.1, 0.15) is 33.6 Å². The molecule has 2 aliphatic rings. The highest BCUT2D eigenvalue weighted by Crippen LogP contribution is 2.47. The summed E-state index contributed by atoms with van der Waals surface area (Å²) in [6.07, 6.45) is 1.37. The fourth-order valence-corrected chi connectivity index (χ4v) is 4.31. The van der Waals surface area contributed by atoms with Gasteiger partial charge in [-0.05, 0) is 25.7 Å². The third-order valence-corrected chi connectivity index (χ3v) is 5.88. The number of hydrogen-bond acceptors (Lipinski definition) is 4. The van der Waals surface area contributed by atoms with E-state index >= 15 is 0 Å². The van der Waals surface area contributed by atoms with Crippen LogP contribution in [0, 0.1) is 11.3 Å². The van der Waals surface area contributed by atoms with Crippen LogP contribution in [0.4, 0.5) is 0 Å². The van der Waals surface area contributed by atoms with Crippen LogP contribution in [0.5, 0.6) is 0 Å². The number of hydrogen-bond donors (Lipinski definition) is 2. The van der Waals surface area contributed by atoms with Gasteiger partial charge in [0.25, 0.3) is 0 Å². The van der Waals surface area contributed by atoms with E-state index in [4.69, 9.17) is 10.9 Å². The van der Waals surface area contributed by atoms with Gasteiger partial charge in [-0.25, -0.2) is 0 Å². The summed E-state index contributed by atoms with van der Waals surface area (Å²) in [5, 5.41) is 12.5. The van der Waals surface area contributed by atoms with Crippen LogP contribution in [0.25, 0.3) is 0 Å². The number of amidine groups is 1. The Balaban J connectivity index is 2.21. The molecule has 1 aliphatic carbocycles. The maximum Gasteiger partial charge on any atom is 0.236 e. The molecule has 0 aromatic rings. The molecule has 0 aromatic carbocycles. The number of carbonyl (C=O) groups excluding carboxylic acids is 1. The van der Waals surface area contributed by atoms with Gasteiger partial charge in [0.2, 0.25) is 5.91 Å². The lowest BCUT2D eigenvalue weighted by molar-refractivity contribution is -0.146. The quantitative estimate of drug-likeness (QED) is 0.349. The summed E-state index contributed by atoms with van der Waals surface area (Å²) in [6.45, 7) is 7.07. The van der Waals surface area contributed by atoms with Gasteiger partial charge in [0.1, 0.15) is 5.41 Å².